The summed E-state index contributed by atoms with van der Waals surface area (Å²) in [5, 5.41) is 3.03. The van der Waals surface area contributed by atoms with Gasteiger partial charge in [0.2, 0.25) is 0 Å². The molecule has 2 rings (SSSR count). The summed E-state index contributed by atoms with van der Waals surface area (Å²) in [7, 11) is 7.48. The number of rotatable bonds is 2. The Morgan fingerprint density at radius 2 is 1.89 bits per heavy atom. The van der Waals surface area contributed by atoms with Crippen molar-refractivity contribution in [2.75, 3.05) is 30.4 Å². The van der Waals surface area contributed by atoms with Crippen LogP contribution in [0.4, 0.5) is 15.8 Å². The highest BCUT2D eigenvalue weighted by atomic mass is 19.1. The van der Waals surface area contributed by atoms with Gasteiger partial charge in [0.15, 0.2) is 0 Å². The number of benzene rings is 1. The first kappa shape index (κ1) is 13.3. The first-order valence-electron chi connectivity index (χ1n) is 6.45. The lowest BCUT2D eigenvalue weighted by Gasteiger charge is -2.39. The molecule has 1 aliphatic rings. The van der Waals surface area contributed by atoms with Gasteiger partial charge in [0, 0.05) is 20.1 Å². The molecular weight excluding hydrogens is 226 g/mol. The molecule has 1 aliphatic heterocycles. The Labute approximate surface area is 110 Å². The summed E-state index contributed by atoms with van der Waals surface area (Å²) in [4.78, 5) is 2.12. The Hall–Kier alpha value is -1.19. The highest BCUT2D eigenvalue weighted by Crippen LogP contribution is 2.35. The Morgan fingerprint density at radius 3 is 2.44 bits per heavy atom. The van der Waals surface area contributed by atoms with Crippen molar-refractivity contribution in [2.24, 2.45) is 5.41 Å². The predicted octanol–water partition coefficient (Wildman–Crippen LogP) is 2.29. The number of anilines is 2. The van der Waals surface area contributed by atoms with E-state index in [1.165, 1.54) is 6.07 Å². The van der Waals surface area contributed by atoms with Gasteiger partial charge in [-0.25, -0.2) is 4.39 Å². The van der Waals surface area contributed by atoms with E-state index in [0.29, 0.717) is 16.6 Å². The number of piperidine rings is 1. The standard InChI is InChI=1S/C14H20BFN2/c1-14(2)4-6-18(7-5-14)13-11(16)8-10(15)9-12(13)17-3/h8-9,17H,4-7H2,1-3H3. The third-order valence-corrected chi connectivity index (χ3v) is 3.79. The minimum absolute atomic E-state index is 0.237. The van der Waals surface area contributed by atoms with Crippen LogP contribution < -0.4 is 15.7 Å². The van der Waals surface area contributed by atoms with Gasteiger partial charge >= 0.3 is 0 Å². The second-order valence-corrected chi connectivity index (χ2v) is 5.80. The molecule has 0 saturated carbocycles. The molecule has 1 aromatic carbocycles. The first-order valence-corrected chi connectivity index (χ1v) is 6.45. The van der Waals surface area contributed by atoms with Gasteiger partial charge in [-0.05, 0) is 30.4 Å². The van der Waals surface area contributed by atoms with Crippen LogP contribution >= 0.6 is 0 Å². The summed E-state index contributed by atoms with van der Waals surface area (Å²) < 4.78 is 14.1. The van der Waals surface area contributed by atoms with E-state index in [0.717, 1.165) is 31.6 Å². The molecule has 18 heavy (non-hydrogen) atoms. The topological polar surface area (TPSA) is 15.3 Å². The Morgan fingerprint density at radius 1 is 1.28 bits per heavy atom. The SMILES string of the molecule is [B]c1cc(F)c(N2CCC(C)(C)CC2)c(NC)c1. The van der Waals surface area contributed by atoms with Crippen LogP contribution in [0.3, 0.4) is 0 Å². The zero-order chi connectivity index (χ0) is 13.3. The van der Waals surface area contributed by atoms with Gasteiger partial charge in [-0.15, -0.1) is 0 Å². The lowest BCUT2D eigenvalue weighted by atomic mass is 9.82. The quantitative estimate of drug-likeness (QED) is 0.805. The van der Waals surface area contributed by atoms with Crippen LogP contribution in [0, 0.1) is 11.2 Å². The van der Waals surface area contributed by atoms with E-state index in [-0.39, 0.29) is 5.82 Å². The molecule has 1 fully saturated rings. The molecule has 0 atom stereocenters. The fourth-order valence-electron chi connectivity index (χ4n) is 2.47. The smallest absolute Gasteiger partial charge is 0.148 e. The van der Waals surface area contributed by atoms with E-state index in [2.05, 4.69) is 24.1 Å². The third kappa shape index (κ3) is 2.63. The average molecular weight is 246 g/mol. The summed E-state index contributed by atoms with van der Waals surface area (Å²) in [5.74, 6) is -0.237. The monoisotopic (exact) mass is 246 g/mol. The summed E-state index contributed by atoms with van der Waals surface area (Å²) in [6.45, 7) is 6.32. The molecule has 0 spiro atoms. The highest BCUT2D eigenvalue weighted by Gasteiger charge is 2.27. The molecule has 1 heterocycles. The number of hydrogen-bond donors (Lipinski definition) is 1. The molecule has 1 aromatic rings. The van der Waals surface area contributed by atoms with Crippen LogP contribution in [0.2, 0.25) is 0 Å². The maximum absolute atomic E-state index is 14.1. The Kier molecular flexibility index (Phi) is 3.55. The van der Waals surface area contributed by atoms with Crippen molar-refractivity contribution in [3.8, 4) is 0 Å². The molecule has 2 nitrogen and oxygen atoms in total. The predicted molar refractivity (Wildman–Crippen MR) is 76.6 cm³/mol. The molecule has 1 N–H and O–H groups in total. The number of halogens is 1. The van der Waals surface area contributed by atoms with Gasteiger partial charge in [0.05, 0.1) is 11.4 Å². The van der Waals surface area contributed by atoms with Crippen molar-refractivity contribution in [2.45, 2.75) is 26.7 Å². The van der Waals surface area contributed by atoms with Crippen LogP contribution in [0.15, 0.2) is 12.1 Å². The van der Waals surface area contributed by atoms with Crippen molar-refractivity contribution >= 4 is 24.7 Å². The van der Waals surface area contributed by atoms with E-state index >= 15 is 0 Å². The van der Waals surface area contributed by atoms with E-state index in [9.17, 15) is 4.39 Å². The number of hydrogen-bond acceptors (Lipinski definition) is 2. The molecular formula is C14H20BFN2. The normalized spacial score (nSPS) is 18.8. The van der Waals surface area contributed by atoms with Crippen LogP contribution in [-0.4, -0.2) is 28.0 Å². The average Bonchev–Trinajstić information content (AvgIpc) is 2.29. The van der Waals surface area contributed by atoms with Crippen LogP contribution in [0.5, 0.6) is 0 Å². The maximum atomic E-state index is 14.1. The summed E-state index contributed by atoms with van der Waals surface area (Å²) in [6.07, 6.45) is 2.17. The summed E-state index contributed by atoms with van der Waals surface area (Å²) in [6, 6.07) is 3.19. The largest absolute Gasteiger partial charge is 0.386 e. The van der Waals surface area contributed by atoms with Gasteiger partial charge in [0.25, 0.3) is 0 Å². The molecule has 96 valence electrons. The maximum Gasteiger partial charge on any atom is 0.148 e. The number of nitrogens with zero attached hydrogens (tertiary/aromatic N) is 1. The first-order chi connectivity index (χ1) is 8.43. The number of nitrogens with one attached hydrogen (secondary N) is 1. The lowest BCUT2D eigenvalue weighted by Crippen LogP contribution is -2.38. The van der Waals surface area contributed by atoms with E-state index in [4.69, 9.17) is 7.85 Å². The van der Waals surface area contributed by atoms with E-state index in [1.807, 2.05) is 0 Å². The van der Waals surface area contributed by atoms with Crippen molar-refractivity contribution in [3.05, 3.63) is 17.9 Å². The van der Waals surface area contributed by atoms with Gasteiger partial charge in [-0.2, -0.15) is 0 Å². The second kappa shape index (κ2) is 4.83. The molecule has 0 bridgehead atoms. The van der Waals surface area contributed by atoms with Gasteiger partial charge in [-0.3, -0.25) is 0 Å². The van der Waals surface area contributed by atoms with E-state index < -0.39 is 0 Å². The molecule has 0 aliphatic carbocycles. The van der Waals surface area contributed by atoms with E-state index in [1.54, 1.807) is 13.1 Å². The molecule has 4 heteroatoms. The fraction of sp³-hybridized carbons (Fsp3) is 0.571. The summed E-state index contributed by atoms with van der Waals surface area (Å²) >= 11 is 0. The minimum atomic E-state index is -0.237. The molecule has 0 unspecified atom stereocenters. The summed E-state index contributed by atoms with van der Waals surface area (Å²) in [5.41, 5.74) is 2.24. The molecule has 0 amide bonds. The van der Waals surface area contributed by atoms with Crippen molar-refractivity contribution in [3.63, 3.8) is 0 Å². The van der Waals surface area contributed by atoms with Gasteiger partial charge < -0.3 is 10.2 Å². The van der Waals surface area contributed by atoms with Gasteiger partial charge in [-0.1, -0.05) is 19.3 Å². The van der Waals surface area contributed by atoms with Crippen molar-refractivity contribution in [1.82, 2.24) is 0 Å². The highest BCUT2D eigenvalue weighted by molar-refractivity contribution is 6.32. The van der Waals surface area contributed by atoms with Crippen molar-refractivity contribution < 1.29 is 4.39 Å². The Balaban J connectivity index is 2.29. The van der Waals surface area contributed by atoms with Crippen LogP contribution in [-0.2, 0) is 0 Å². The molecule has 0 aromatic heterocycles. The zero-order valence-corrected chi connectivity index (χ0v) is 11.4. The minimum Gasteiger partial charge on any atom is -0.386 e. The lowest BCUT2D eigenvalue weighted by molar-refractivity contribution is 0.279. The third-order valence-electron chi connectivity index (χ3n) is 3.79. The molecule has 2 radical (unpaired) electrons. The fourth-order valence-corrected chi connectivity index (χ4v) is 2.47. The van der Waals surface area contributed by atoms with Crippen LogP contribution in [0.25, 0.3) is 0 Å². The second-order valence-electron chi connectivity index (χ2n) is 5.80. The van der Waals surface area contributed by atoms with Crippen LogP contribution in [0.1, 0.15) is 26.7 Å². The Bertz CT molecular complexity index is 436. The van der Waals surface area contributed by atoms with Crippen molar-refractivity contribution in [1.29, 1.82) is 0 Å². The zero-order valence-electron chi connectivity index (χ0n) is 11.4. The molecule has 1 saturated heterocycles. The van der Waals surface area contributed by atoms with Gasteiger partial charge in [0.1, 0.15) is 13.7 Å².